The van der Waals surface area contributed by atoms with Crippen LogP contribution in [0.4, 0.5) is 11.5 Å². The number of aromatic nitrogens is 2. The number of carbonyl (C=O) groups is 1. The van der Waals surface area contributed by atoms with Crippen LogP contribution in [0.15, 0.2) is 41.8 Å². The average Bonchev–Trinajstić information content (AvgIpc) is 2.95. The number of hydrogen-bond donors (Lipinski definition) is 2. The summed E-state index contributed by atoms with van der Waals surface area (Å²) in [7, 11) is 1.75. The van der Waals surface area contributed by atoms with E-state index in [1.165, 1.54) is 4.70 Å². The molecule has 3 aromatic rings. The minimum atomic E-state index is -0.269. The second-order valence-electron chi connectivity index (χ2n) is 4.18. The van der Waals surface area contributed by atoms with Crippen molar-refractivity contribution in [3.8, 4) is 0 Å². The van der Waals surface area contributed by atoms with Gasteiger partial charge in [-0.25, -0.2) is 0 Å². The Morgan fingerprint density at radius 1 is 1.15 bits per heavy atom. The summed E-state index contributed by atoms with van der Waals surface area (Å²) in [5, 5.41) is 16.6. The first-order valence-corrected chi connectivity index (χ1v) is 6.94. The highest BCUT2D eigenvalue weighted by Gasteiger charge is 2.09. The van der Waals surface area contributed by atoms with E-state index < -0.39 is 0 Å². The van der Waals surface area contributed by atoms with E-state index in [2.05, 4.69) is 20.8 Å². The molecule has 1 aromatic carbocycles. The molecule has 1 amide bonds. The van der Waals surface area contributed by atoms with Crippen LogP contribution in [0.25, 0.3) is 10.1 Å². The first-order valence-electron chi connectivity index (χ1n) is 6.06. The molecular formula is C14H12N4OS. The third-order valence-corrected chi connectivity index (χ3v) is 3.76. The lowest BCUT2D eigenvalue weighted by molar-refractivity contribution is 0.102. The van der Waals surface area contributed by atoms with Crippen LogP contribution in [0.5, 0.6) is 0 Å². The molecule has 20 heavy (non-hydrogen) atoms. The Hall–Kier alpha value is -2.47. The molecule has 0 aliphatic rings. The molecule has 0 spiro atoms. The standard InChI is InChI=1S/C14H12N4OS/c1-15-13-5-3-11(17-18-13)14(19)16-10-2-4-12-9(8-10)6-7-20-12/h2-8H,1H3,(H,15,18)(H,16,19). The molecular weight excluding hydrogens is 272 g/mol. The van der Waals surface area contributed by atoms with Crippen molar-refractivity contribution >= 4 is 38.8 Å². The van der Waals surface area contributed by atoms with Crippen LogP contribution >= 0.6 is 11.3 Å². The quantitative estimate of drug-likeness (QED) is 0.776. The van der Waals surface area contributed by atoms with Gasteiger partial charge in [0.1, 0.15) is 5.82 Å². The summed E-state index contributed by atoms with van der Waals surface area (Å²) in [6.45, 7) is 0. The summed E-state index contributed by atoms with van der Waals surface area (Å²) in [5.74, 6) is 0.357. The number of nitrogens with one attached hydrogen (secondary N) is 2. The van der Waals surface area contributed by atoms with Gasteiger partial charge in [-0.2, -0.15) is 0 Å². The van der Waals surface area contributed by atoms with E-state index in [9.17, 15) is 4.79 Å². The van der Waals surface area contributed by atoms with Crippen LogP contribution in [0.2, 0.25) is 0 Å². The number of carbonyl (C=O) groups excluding carboxylic acids is 1. The Morgan fingerprint density at radius 2 is 2.05 bits per heavy atom. The average molecular weight is 284 g/mol. The highest BCUT2D eigenvalue weighted by Crippen LogP contribution is 2.24. The summed E-state index contributed by atoms with van der Waals surface area (Å²) >= 11 is 1.67. The number of rotatable bonds is 3. The van der Waals surface area contributed by atoms with Crippen molar-refractivity contribution < 1.29 is 4.79 Å². The first-order chi connectivity index (χ1) is 9.76. The second kappa shape index (κ2) is 5.26. The Kier molecular flexibility index (Phi) is 3.30. The minimum Gasteiger partial charge on any atom is -0.372 e. The molecule has 5 nitrogen and oxygen atoms in total. The molecule has 0 fully saturated rings. The smallest absolute Gasteiger partial charge is 0.276 e. The van der Waals surface area contributed by atoms with E-state index in [1.807, 2.05) is 29.6 Å². The lowest BCUT2D eigenvalue weighted by atomic mass is 10.2. The van der Waals surface area contributed by atoms with Crippen LogP contribution in [0.3, 0.4) is 0 Å². The number of hydrogen-bond acceptors (Lipinski definition) is 5. The maximum atomic E-state index is 12.1. The number of benzene rings is 1. The molecule has 0 saturated heterocycles. The zero-order valence-electron chi connectivity index (χ0n) is 10.8. The van der Waals surface area contributed by atoms with Crippen LogP contribution in [-0.4, -0.2) is 23.2 Å². The van der Waals surface area contributed by atoms with Gasteiger partial charge >= 0.3 is 0 Å². The van der Waals surface area contributed by atoms with Gasteiger partial charge in [0.2, 0.25) is 0 Å². The lowest BCUT2D eigenvalue weighted by Gasteiger charge is -2.05. The SMILES string of the molecule is CNc1ccc(C(=O)Nc2ccc3sccc3c2)nn1. The van der Waals surface area contributed by atoms with Gasteiger partial charge in [0.05, 0.1) is 0 Å². The van der Waals surface area contributed by atoms with Crippen molar-refractivity contribution in [1.29, 1.82) is 0 Å². The summed E-state index contributed by atoms with van der Waals surface area (Å²) in [5.41, 5.74) is 1.04. The van der Waals surface area contributed by atoms with Gasteiger partial charge in [-0.05, 0) is 47.2 Å². The fourth-order valence-electron chi connectivity index (χ4n) is 1.83. The van der Waals surface area contributed by atoms with Gasteiger partial charge in [-0.3, -0.25) is 4.79 Å². The predicted molar refractivity (Wildman–Crippen MR) is 81.4 cm³/mol. The molecule has 3 rings (SSSR count). The third kappa shape index (κ3) is 2.46. The van der Waals surface area contributed by atoms with Crippen LogP contribution < -0.4 is 10.6 Å². The maximum absolute atomic E-state index is 12.1. The van der Waals surface area contributed by atoms with Crippen LogP contribution in [-0.2, 0) is 0 Å². The number of anilines is 2. The Balaban J connectivity index is 1.80. The van der Waals surface area contributed by atoms with Crippen molar-refractivity contribution in [2.45, 2.75) is 0 Å². The monoisotopic (exact) mass is 284 g/mol. The van der Waals surface area contributed by atoms with Crippen LogP contribution in [0.1, 0.15) is 10.5 Å². The molecule has 2 aromatic heterocycles. The Labute approximate surface area is 119 Å². The highest BCUT2D eigenvalue weighted by molar-refractivity contribution is 7.17. The number of thiophene rings is 1. The predicted octanol–water partition coefficient (Wildman–Crippen LogP) is 2.99. The fraction of sp³-hybridized carbons (Fsp3) is 0.0714. The van der Waals surface area contributed by atoms with E-state index in [0.29, 0.717) is 5.82 Å². The summed E-state index contributed by atoms with van der Waals surface area (Å²) in [6, 6.07) is 11.2. The number of nitrogens with zero attached hydrogens (tertiary/aromatic N) is 2. The van der Waals surface area contributed by atoms with Crippen molar-refractivity contribution in [3.63, 3.8) is 0 Å². The highest BCUT2D eigenvalue weighted by atomic mass is 32.1. The van der Waals surface area contributed by atoms with Crippen molar-refractivity contribution in [2.75, 3.05) is 17.7 Å². The van der Waals surface area contributed by atoms with Gasteiger partial charge in [-0.15, -0.1) is 21.5 Å². The van der Waals surface area contributed by atoms with E-state index in [-0.39, 0.29) is 11.6 Å². The van der Waals surface area contributed by atoms with E-state index in [1.54, 1.807) is 30.5 Å². The van der Waals surface area contributed by atoms with E-state index in [0.717, 1.165) is 11.1 Å². The molecule has 100 valence electrons. The lowest BCUT2D eigenvalue weighted by Crippen LogP contribution is -2.14. The van der Waals surface area contributed by atoms with Crippen molar-refractivity contribution in [2.24, 2.45) is 0 Å². The molecule has 2 heterocycles. The van der Waals surface area contributed by atoms with Gasteiger partial charge in [0, 0.05) is 17.4 Å². The number of amides is 1. The van der Waals surface area contributed by atoms with Crippen LogP contribution in [0, 0.1) is 0 Å². The van der Waals surface area contributed by atoms with E-state index >= 15 is 0 Å². The summed E-state index contributed by atoms with van der Waals surface area (Å²) in [4.78, 5) is 12.1. The van der Waals surface area contributed by atoms with Crippen molar-refractivity contribution in [1.82, 2.24) is 10.2 Å². The molecule has 0 saturated carbocycles. The number of fused-ring (bicyclic) bond motifs is 1. The normalized spacial score (nSPS) is 10.4. The van der Waals surface area contributed by atoms with Gasteiger partial charge in [0.25, 0.3) is 5.91 Å². The third-order valence-electron chi connectivity index (χ3n) is 2.86. The zero-order valence-corrected chi connectivity index (χ0v) is 11.6. The molecule has 0 radical (unpaired) electrons. The molecule has 2 N–H and O–H groups in total. The first kappa shape index (κ1) is 12.6. The van der Waals surface area contributed by atoms with Gasteiger partial charge in [0.15, 0.2) is 5.69 Å². The maximum Gasteiger partial charge on any atom is 0.276 e. The second-order valence-corrected chi connectivity index (χ2v) is 5.13. The minimum absolute atomic E-state index is 0.269. The Morgan fingerprint density at radius 3 is 2.80 bits per heavy atom. The largest absolute Gasteiger partial charge is 0.372 e. The zero-order chi connectivity index (χ0) is 13.9. The molecule has 6 heteroatoms. The summed E-state index contributed by atoms with van der Waals surface area (Å²) in [6.07, 6.45) is 0. The molecule has 0 aliphatic heterocycles. The van der Waals surface area contributed by atoms with Crippen molar-refractivity contribution in [3.05, 3.63) is 47.5 Å². The molecule has 0 aliphatic carbocycles. The van der Waals surface area contributed by atoms with Gasteiger partial charge in [-0.1, -0.05) is 0 Å². The molecule has 0 unspecified atom stereocenters. The topological polar surface area (TPSA) is 66.9 Å². The summed E-state index contributed by atoms with van der Waals surface area (Å²) < 4.78 is 1.20. The van der Waals surface area contributed by atoms with E-state index in [4.69, 9.17) is 0 Å². The molecule has 0 bridgehead atoms. The fourth-order valence-corrected chi connectivity index (χ4v) is 2.60. The molecule has 0 atom stereocenters. The Bertz CT molecular complexity index is 751. The van der Waals surface area contributed by atoms with Gasteiger partial charge < -0.3 is 10.6 Å².